The summed E-state index contributed by atoms with van der Waals surface area (Å²) in [5.41, 5.74) is 1.08. The third-order valence-electron chi connectivity index (χ3n) is 2.70. The Morgan fingerprint density at radius 1 is 1.18 bits per heavy atom. The lowest BCUT2D eigenvalue weighted by Crippen LogP contribution is -2.09. The molecular weight excluding hydrogens is 299 g/mol. The summed E-state index contributed by atoms with van der Waals surface area (Å²) in [6, 6.07) is 11.1. The number of halogens is 2. The second-order valence-electron chi connectivity index (χ2n) is 4.14. The Hall–Kier alpha value is -0.670. The average molecular weight is 313 g/mol. The van der Waals surface area contributed by atoms with Gasteiger partial charge in [-0.3, -0.25) is 0 Å². The van der Waals surface area contributed by atoms with Crippen LogP contribution in [0.3, 0.4) is 0 Å². The number of hydrogen-bond donors (Lipinski definition) is 0. The highest BCUT2D eigenvalue weighted by Crippen LogP contribution is 2.20. The SMILES string of the molecule is Fc1cccc(CC(CBr)Cc2cccs2)c1. The van der Waals surface area contributed by atoms with E-state index in [1.165, 1.54) is 10.9 Å². The van der Waals surface area contributed by atoms with Crippen LogP contribution in [0, 0.1) is 11.7 Å². The van der Waals surface area contributed by atoms with Crippen LogP contribution in [-0.4, -0.2) is 5.33 Å². The highest BCUT2D eigenvalue weighted by molar-refractivity contribution is 9.09. The number of rotatable bonds is 5. The molecule has 1 aromatic carbocycles. The van der Waals surface area contributed by atoms with Gasteiger partial charge in [-0.05, 0) is 47.9 Å². The van der Waals surface area contributed by atoms with Gasteiger partial charge in [0.15, 0.2) is 0 Å². The summed E-state index contributed by atoms with van der Waals surface area (Å²) < 4.78 is 13.1. The average Bonchev–Trinajstić information content (AvgIpc) is 2.81. The normalized spacial score (nSPS) is 12.6. The topological polar surface area (TPSA) is 0 Å². The standard InChI is InChI=1S/C14H14BrFS/c15-10-12(9-14-5-2-6-17-14)7-11-3-1-4-13(16)8-11/h1-6,8,12H,7,9-10H2. The predicted octanol–water partition coefficient (Wildman–Crippen LogP) is 4.68. The maximum atomic E-state index is 13.1. The van der Waals surface area contributed by atoms with E-state index in [1.807, 2.05) is 6.07 Å². The number of hydrogen-bond acceptors (Lipinski definition) is 1. The summed E-state index contributed by atoms with van der Waals surface area (Å²) in [6.45, 7) is 0. The van der Waals surface area contributed by atoms with Crippen molar-refractivity contribution in [1.82, 2.24) is 0 Å². The van der Waals surface area contributed by atoms with Gasteiger partial charge in [0.1, 0.15) is 5.82 Å². The third kappa shape index (κ3) is 3.93. The number of thiophene rings is 1. The van der Waals surface area contributed by atoms with Gasteiger partial charge in [0.2, 0.25) is 0 Å². The Labute approximate surface area is 114 Å². The zero-order valence-electron chi connectivity index (χ0n) is 9.40. The van der Waals surface area contributed by atoms with Crippen LogP contribution in [-0.2, 0) is 12.8 Å². The minimum Gasteiger partial charge on any atom is -0.207 e. The van der Waals surface area contributed by atoms with Gasteiger partial charge in [0.05, 0.1) is 0 Å². The second-order valence-corrected chi connectivity index (χ2v) is 5.82. The molecule has 2 rings (SSSR count). The summed E-state index contributed by atoms with van der Waals surface area (Å²) >= 11 is 5.33. The van der Waals surface area contributed by atoms with E-state index in [0.29, 0.717) is 5.92 Å². The first-order valence-electron chi connectivity index (χ1n) is 5.60. The molecule has 0 saturated carbocycles. The second kappa shape index (κ2) is 6.31. The van der Waals surface area contributed by atoms with Crippen molar-refractivity contribution in [2.45, 2.75) is 12.8 Å². The molecule has 0 aliphatic heterocycles. The lowest BCUT2D eigenvalue weighted by molar-refractivity contribution is 0.586. The summed E-state index contributed by atoms with van der Waals surface area (Å²) in [5, 5.41) is 3.05. The van der Waals surface area contributed by atoms with Gasteiger partial charge in [-0.15, -0.1) is 11.3 Å². The van der Waals surface area contributed by atoms with Crippen LogP contribution in [0.4, 0.5) is 4.39 Å². The van der Waals surface area contributed by atoms with E-state index in [9.17, 15) is 4.39 Å². The highest BCUT2D eigenvalue weighted by atomic mass is 79.9. The minimum absolute atomic E-state index is 0.146. The van der Waals surface area contributed by atoms with E-state index in [0.717, 1.165) is 23.7 Å². The Balaban J connectivity index is 2.00. The largest absolute Gasteiger partial charge is 0.207 e. The van der Waals surface area contributed by atoms with E-state index in [2.05, 4.69) is 33.4 Å². The molecule has 0 spiro atoms. The van der Waals surface area contributed by atoms with Gasteiger partial charge >= 0.3 is 0 Å². The lowest BCUT2D eigenvalue weighted by Gasteiger charge is -2.13. The number of alkyl halides is 1. The van der Waals surface area contributed by atoms with E-state index in [-0.39, 0.29) is 5.82 Å². The van der Waals surface area contributed by atoms with E-state index in [1.54, 1.807) is 23.5 Å². The van der Waals surface area contributed by atoms with Gasteiger partial charge in [-0.25, -0.2) is 4.39 Å². The van der Waals surface area contributed by atoms with Gasteiger partial charge in [-0.2, -0.15) is 0 Å². The fourth-order valence-corrected chi connectivity index (χ4v) is 3.17. The van der Waals surface area contributed by atoms with Crippen LogP contribution >= 0.6 is 27.3 Å². The fourth-order valence-electron chi connectivity index (χ4n) is 1.89. The van der Waals surface area contributed by atoms with Gasteiger partial charge in [0, 0.05) is 10.2 Å². The van der Waals surface area contributed by atoms with Gasteiger partial charge in [-0.1, -0.05) is 34.1 Å². The van der Waals surface area contributed by atoms with Gasteiger partial charge in [0.25, 0.3) is 0 Å². The maximum Gasteiger partial charge on any atom is 0.123 e. The summed E-state index contributed by atoms with van der Waals surface area (Å²) in [7, 11) is 0. The minimum atomic E-state index is -0.146. The zero-order valence-corrected chi connectivity index (χ0v) is 11.8. The Kier molecular flexibility index (Phi) is 4.75. The zero-order chi connectivity index (χ0) is 12.1. The van der Waals surface area contributed by atoms with E-state index < -0.39 is 0 Å². The summed E-state index contributed by atoms with van der Waals surface area (Å²) in [4.78, 5) is 1.39. The molecule has 2 aromatic rings. The predicted molar refractivity (Wildman–Crippen MR) is 75.4 cm³/mol. The molecule has 0 fully saturated rings. The first kappa shape index (κ1) is 12.8. The molecule has 0 aliphatic rings. The molecule has 1 atom stereocenters. The molecule has 0 nitrogen and oxygen atoms in total. The van der Waals surface area contributed by atoms with Crippen molar-refractivity contribution in [2.75, 3.05) is 5.33 Å². The first-order chi connectivity index (χ1) is 8.28. The van der Waals surface area contributed by atoms with Crippen molar-refractivity contribution < 1.29 is 4.39 Å². The van der Waals surface area contributed by atoms with Crippen LogP contribution in [0.15, 0.2) is 41.8 Å². The lowest BCUT2D eigenvalue weighted by atomic mass is 9.97. The molecular formula is C14H14BrFS. The van der Waals surface area contributed by atoms with Crippen LogP contribution in [0.5, 0.6) is 0 Å². The van der Waals surface area contributed by atoms with Crippen LogP contribution in [0.25, 0.3) is 0 Å². The van der Waals surface area contributed by atoms with Crippen molar-refractivity contribution in [3.8, 4) is 0 Å². The van der Waals surface area contributed by atoms with Crippen LogP contribution in [0.2, 0.25) is 0 Å². The highest BCUT2D eigenvalue weighted by Gasteiger charge is 2.10. The van der Waals surface area contributed by atoms with Crippen molar-refractivity contribution >= 4 is 27.3 Å². The monoisotopic (exact) mass is 312 g/mol. The van der Waals surface area contributed by atoms with Crippen molar-refractivity contribution in [2.24, 2.45) is 5.92 Å². The molecule has 0 saturated heterocycles. The van der Waals surface area contributed by atoms with Crippen LogP contribution < -0.4 is 0 Å². The molecule has 1 heterocycles. The molecule has 90 valence electrons. The third-order valence-corrected chi connectivity index (χ3v) is 4.52. The molecule has 1 aromatic heterocycles. The summed E-state index contributed by atoms with van der Waals surface area (Å²) in [5.74, 6) is 0.377. The van der Waals surface area contributed by atoms with E-state index in [4.69, 9.17) is 0 Å². The van der Waals surface area contributed by atoms with Crippen molar-refractivity contribution in [3.05, 3.63) is 58.0 Å². The summed E-state index contributed by atoms with van der Waals surface area (Å²) in [6.07, 6.45) is 1.97. The Morgan fingerprint density at radius 2 is 2.06 bits per heavy atom. The molecule has 0 aliphatic carbocycles. The molecule has 0 amide bonds. The smallest absolute Gasteiger partial charge is 0.123 e. The quantitative estimate of drug-likeness (QED) is 0.703. The molecule has 0 bridgehead atoms. The molecule has 1 unspecified atom stereocenters. The van der Waals surface area contributed by atoms with Crippen molar-refractivity contribution in [3.63, 3.8) is 0 Å². The van der Waals surface area contributed by atoms with Gasteiger partial charge < -0.3 is 0 Å². The Bertz CT molecular complexity index is 453. The number of benzene rings is 1. The molecule has 3 heteroatoms. The molecule has 17 heavy (non-hydrogen) atoms. The first-order valence-corrected chi connectivity index (χ1v) is 7.61. The molecule has 0 N–H and O–H groups in total. The molecule has 0 radical (unpaired) electrons. The fraction of sp³-hybridized carbons (Fsp3) is 0.286. The Morgan fingerprint density at radius 3 is 2.71 bits per heavy atom. The maximum absolute atomic E-state index is 13.1. The van der Waals surface area contributed by atoms with Crippen LogP contribution in [0.1, 0.15) is 10.4 Å². The van der Waals surface area contributed by atoms with Crippen molar-refractivity contribution in [1.29, 1.82) is 0 Å². The van der Waals surface area contributed by atoms with E-state index >= 15 is 0 Å².